The third kappa shape index (κ3) is 4.92. The number of carbonyl (C=O) groups excluding carboxylic acids is 4. The minimum Gasteiger partial charge on any atom is -0.467 e. The second-order valence-corrected chi connectivity index (χ2v) is 11.0. The summed E-state index contributed by atoms with van der Waals surface area (Å²) in [7, 11) is 2.38. The number of hydrogen-bond acceptors (Lipinski definition) is 6. The van der Waals surface area contributed by atoms with Crippen LogP contribution in [0.4, 0.5) is 0 Å². The lowest BCUT2D eigenvalue weighted by atomic mass is 9.42. The van der Waals surface area contributed by atoms with Gasteiger partial charge in [0.1, 0.15) is 0 Å². The minimum absolute atomic E-state index is 0.255. The third-order valence-electron chi connectivity index (χ3n) is 8.40. The van der Waals surface area contributed by atoms with E-state index in [1.807, 2.05) is 62.4 Å². The zero-order chi connectivity index (χ0) is 31.5. The molecule has 4 aromatic rings. The maximum atomic E-state index is 14.4. The van der Waals surface area contributed by atoms with Gasteiger partial charge in [0, 0.05) is 23.0 Å². The van der Waals surface area contributed by atoms with Gasteiger partial charge in [0.2, 0.25) is 0 Å². The lowest BCUT2D eigenvalue weighted by Gasteiger charge is -2.65. The van der Waals surface area contributed by atoms with E-state index in [-0.39, 0.29) is 11.1 Å². The van der Waals surface area contributed by atoms with Crippen molar-refractivity contribution in [2.24, 2.45) is 0 Å². The molecule has 0 aliphatic heterocycles. The molecule has 0 heterocycles. The molecule has 224 valence electrons. The van der Waals surface area contributed by atoms with Crippen LogP contribution in [-0.4, -0.2) is 49.1 Å². The molecule has 2 amide bonds. The Balaban J connectivity index is 1.85. The van der Waals surface area contributed by atoms with Crippen molar-refractivity contribution >= 4 is 23.8 Å². The van der Waals surface area contributed by atoms with Crippen LogP contribution in [0.2, 0.25) is 0 Å². The van der Waals surface area contributed by atoms with Gasteiger partial charge < -0.3 is 20.1 Å². The quantitative estimate of drug-likeness (QED) is 0.284. The van der Waals surface area contributed by atoms with Crippen molar-refractivity contribution in [3.8, 4) is 0 Å². The SMILES string of the molecule is COC(=O)C1(NC(=O)c2ccccc2)C(c2cccc(C)c2)C(c2cccc(C)c2)C1(NC(=O)c1ccccc1)C(=O)OC. The number of hydrogen-bond donors (Lipinski definition) is 2. The molecule has 4 atom stereocenters. The predicted molar refractivity (Wildman–Crippen MR) is 165 cm³/mol. The number of methoxy groups -OCH3 is 2. The fraction of sp³-hybridized carbons (Fsp3) is 0.222. The van der Waals surface area contributed by atoms with Crippen LogP contribution >= 0.6 is 0 Å². The molecule has 1 fully saturated rings. The molecule has 0 spiro atoms. The van der Waals surface area contributed by atoms with Gasteiger partial charge in [-0.15, -0.1) is 0 Å². The normalized spacial score (nSPS) is 22.2. The second-order valence-electron chi connectivity index (χ2n) is 11.0. The third-order valence-corrected chi connectivity index (χ3v) is 8.40. The van der Waals surface area contributed by atoms with E-state index in [1.54, 1.807) is 60.7 Å². The standard InChI is InChI=1S/C36H34N2O6/c1-23-13-11-19-27(21-23)29-30(28-20-12-14-24(2)22-28)36(34(42)44-4,38-32(40)26-17-9-6-10-18-26)35(29,33(41)43-3)37-31(39)25-15-7-5-8-16-25/h5-22,29-30H,1-4H3,(H,37,39)(H,38,40). The molecule has 0 bridgehead atoms. The van der Waals surface area contributed by atoms with Gasteiger partial charge in [-0.05, 0) is 49.2 Å². The number of carbonyl (C=O) groups is 4. The zero-order valence-electron chi connectivity index (χ0n) is 25.0. The number of rotatable bonds is 8. The van der Waals surface area contributed by atoms with E-state index in [1.165, 1.54) is 14.2 Å². The average Bonchev–Trinajstić information content (AvgIpc) is 3.04. The molecule has 0 saturated heterocycles. The summed E-state index contributed by atoms with van der Waals surface area (Å²) in [4.78, 5) is 56.7. The fourth-order valence-corrected chi connectivity index (χ4v) is 6.54. The summed E-state index contributed by atoms with van der Waals surface area (Å²) < 4.78 is 10.8. The van der Waals surface area contributed by atoms with Crippen molar-refractivity contribution in [1.82, 2.24) is 10.6 Å². The van der Waals surface area contributed by atoms with Crippen LogP contribution in [0.3, 0.4) is 0 Å². The van der Waals surface area contributed by atoms with E-state index >= 15 is 0 Å². The van der Waals surface area contributed by atoms with Gasteiger partial charge >= 0.3 is 11.9 Å². The van der Waals surface area contributed by atoms with Gasteiger partial charge in [0.15, 0.2) is 11.1 Å². The topological polar surface area (TPSA) is 111 Å². The summed E-state index contributed by atoms with van der Waals surface area (Å²) in [6.45, 7) is 3.83. The van der Waals surface area contributed by atoms with Gasteiger partial charge in [0.25, 0.3) is 11.8 Å². The van der Waals surface area contributed by atoms with Crippen molar-refractivity contribution in [2.45, 2.75) is 36.8 Å². The van der Waals surface area contributed by atoms with Gasteiger partial charge in [-0.2, -0.15) is 0 Å². The van der Waals surface area contributed by atoms with Crippen LogP contribution in [0.15, 0.2) is 109 Å². The van der Waals surface area contributed by atoms with Crippen LogP contribution in [-0.2, 0) is 19.1 Å². The average molecular weight is 591 g/mol. The van der Waals surface area contributed by atoms with Gasteiger partial charge in [-0.3, -0.25) is 9.59 Å². The zero-order valence-corrected chi connectivity index (χ0v) is 25.0. The molecule has 2 N–H and O–H groups in total. The first-order valence-corrected chi connectivity index (χ1v) is 14.2. The van der Waals surface area contributed by atoms with Crippen molar-refractivity contribution in [1.29, 1.82) is 0 Å². The number of aryl methyl sites for hydroxylation is 2. The van der Waals surface area contributed by atoms with Gasteiger partial charge in [-0.25, -0.2) is 9.59 Å². The molecule has 0 radical (unpaired) electrons. The molecule has 5 rings (SSSR count). The molecule has 1 saturated carbocycles. The molecule has 0 aromatic heterocycles. The molecule has 1 aliphatic rings. The van der Waals surface area contributed by atoms with E-state index in [0.717, 1.165) is 11.1 Å². The summed E-state index contributed by atoms with van der Waals surface area (Å²) in [6, 6.07) is 31.7. The highest BCUT2D eigenvalue weighted by Gasteiger charge is 2.82. The van der Waals surface area contributed by atoms with Crippen molar-refractivity contribution < 1.29 is 28.7 Å². The molecule has 1 aliphatic carbocycles. The molecule has 4 unspecified atom stereocenters. The fourth-order valence-electron chi connectivity index (χ4n) is 6.54. The first-order chi connectivity index (χ1) is 21.2. The highest BCUT2D eigenvalue weighted by Crippen LogP contribution is 2.63. The lowest BCUT2D eigenvalue weighted by molar-refractivity contribution is -0.181. The van der Waals surface area contributed by atoms with E-state index in [4.69, 9.17) is 9.47 Å². The van der Waals surface area contributed by atoms with E-state index in [0.29, 0.717) is 11.1 Å². The van der Waals surface area contributed by atoms with Crippen molar-refractivity contribution in [3.05, 3.63) is 143 Å². The second kappa shape index (κ2) is 12.2. The molecule has 8 nitrogen and oxygen atoms in total. The molecule has 8 heteroatoms. The number of esters is 2. The Labute approximate surface area is 256 Å². The largest absolute Gasteiger partial charge is 0.467 e. The van der Waals surface area contributed by atoms with Crippen LogP contribution in [0.1, 0.15) is 54.8 Å². The van der Waals surface area contributed by atoms with Crippen LogP contribution < -0.4 is 10.6 Å². The van der Waals surface area contributed by atoms with E-state index < -0.39 is 46.7 Å². The smallest absolute Gasteiger partial charge is 0.335 e. The van der Waals surface area contributed by atoms with E-state index in [9.17, 15) is 19.2 Å². The lowest BCUT2D eigenvalue weighted by Crippen LogP contribution is -2.90. The Morgan fingerprint density at radius 3 is 1.23 bits per heavy atom. The molecule has 4 aromatic carbocycles. The van der Waals surface area contributed by atoms with Gasteiger partial charge in [0.05, 0.1) is 14.2 Å². The van der Waals surface area contributed by atoms with Crippen LogP contribution in [0, 0.1) is 13.8 Å². The Hall–Kier alpha value is -5.24. The number of ether oxygens (including phenoxy) is 2. The predicted octanol–water partition coefficient (Wildman–Crippen LogP) is 4.87. The Bertz CT molecular complexity index is 1580. The first kappa shape index (κ1) is 30.2. The summed E-state index contributed by atoms with van der Waals surface area (Å²) in [5, 5.41) is 5.83. The number of nitrogens with one attached hydrogen (secondary N) is 2. The monoisotopic (exact) mass is 590 g/mol. The van der Waals surface area contributed by atoms with Crippen molar-refractivity contribution in [3.63, 3.8) is 0 Å². The van der Waals surface area contributed by atoms with Gasteiger partial charge in [-0.1, -0.05) is 96.1 Å². The van der Waals surface area contributed by atoms with E-state index in [2.05, 4.69) is 10.6 Å². The summed E-state index contributed by atoms with van der Waals surface area (Å²) in [5.74, 6) is -4.79. The summed E-state index contributed by atoms with van der Waals surface area (Å²) in [6.07, 6.45) is 0. The first-order valence-electron chi connectivity index (χ1n) is 14.2. The van der Waals surface area contributed by atoms with Crippen LogP contribution in [0.25, 0.3) is 0 Å². The number of amides is 2. The molecular weight excluding hydrogens is 556 g/mol. The van der Waals surface area contributed by atoms with Crippen molar-refractivity contribution in [2.75, 3.05) is 14.2 Å². The maximum absolute atomic E-state index is 14.4. The Morgan fingerprint density at radius 2 is 0.909 bits per heavy atom. The number of benzene rings is 4. The molecule has 44 heavy (non-hydrogen) atoms. The maximum Gasteiger partial charge on any atom is 0.335 e. The summed E-state index contributed by atoms with van der Waals surface area (Å²) >= 11 is 0. The summed E-state index contributed by atoms with van der Waals surface area (Å²) in [5.41, 5.74) is -0.600. The highest BCUT2D eigenvalue weighted by molar-refractivity contribution is 6.09. The van der Waals surface area contributed by atoms with Crippen LogP contribution in [0.5, 0.6) is 0 Å². The minimum atomic E-state index is -2.13. The highest BCUT2D eigenvalue weighted by atomic mass is 16.5. The Kier molecular flexibility index (Phi) is 8.36. The Morgan fingerprint density at radius 1 is 0.545 bits per heavy atom. The molecular formula is C36H34N2O6.